The first-order chi connectivity index (χ1) is 12.3. The maximum Gasteiger partial charge on any atom is 0.408 e. The van der Waals surface area contributed by atoms with E-state index in [4.69, 9.17) is 49.0 Å². The van der Waals surface area contributed by atoms with Crippen LogP contribution in [0.1, 0.15) is 34.6 Å². The predicted octanol–water partition coefficient (Wildman–Crippen LogP) is 4.40. The van der Waals surface area contributed by atoms with E-state index in [2.05, 4.69) is 5.32 Å². The number of carbonyl (C=O) groups excluding carboxylic acids is 3. The number of hydrogen-bond donors (Lipinski definition) is 1. The quantitative estimate of drug-likeness (QED) is 0.415. The molecule has 1 aromatic carbocycles. The Labute approximate surface area is 172 Å². The maximum absolute atomic E-state index is 12.6. The summed E-state index contributed by atoms with van der Waals surface area (Å²) < 4.78 is 15.3. The molecular weight excluding hydrogens is 421 g/mol. The Morgan fingerprint density at radius 3 is 2.11 bits per heavy atom. The molecule has 10 heteroatoms. The minimum atomic E-state index is -1.35. The molecule has 0 radical (unpaired) electrons. The van der Waals surface area contributed by atoms with Gasteiger partial charge in [0.15, 0.2) is 11.8 Å². The molecule has 0 bridgehead atoms. The van der Waals surface area contributed by atoms with Gasteiger partial charge in [0.1, 0.15) is 11.7 Å². The second-order valence-electron chi connectivity index (χ2n) is 6.56. The summed E-state index contributed by atoms with van der Waals surface area (Å²) in [5, 5.41) is 2.66. The highest BCUT2D eigenvalue weighted by molar-refractivity contribution is 6.43. The van der Waals surface area contributed by atoms with E-state index in [1.54, 1.807) is 20.8 Å². The number of halogens is 3. The number of ether oxygens (including phenoxy) is 3. The SMILES string of the molecule is CC(=O)O[C@H](C)[C@H](NC(=O)OC(C)(C)C)C(=O)Oc1cc(Cl)c(Cl)cc1Cl. The normalized spacial score (nSPS) is 13.3. The molecule has 0 spiro atoms. The molecule has 1 N–H and O–H groups in total. The fourth-order valence-corrected chi connectivity index (χ4v) is 2.46. The maximum atomic E-state index is 12.6. The zero-order valence-electron chi connectivity index (χ0n) is 15.4. The average Bonchev–Trinajstić information content (AvgIpc) is 2.47. The van der Waals surface area contributed by atoms with Crippen LogP contribution in [0.5, 0.6) is 5.75 Å². The summed E-state index contributed by atoms with van der Waals surface area (Å²) in [5.41, 5.74) is -0.795. The molecule has 0 aromatic heterocycles. The van der Waals surface area contributed by atoms with Crippen LogP contribution in [-0.4, -0.2) is 35.8 Å². The molecule has 0 unspecified atom stereocenters. The van der Waals surface area contributed by atoms with E-state index in [-0.39, 0.29) is 20.8 Å². The van der Waals surface area contributed by atoms with Crippen molar-refractivity contribution in [3.05, 3.63) is 27.2 Å². The van der Waals surface area contributed by atoms with Crippen molar-refractivity contribution in [2.45, 2.75) is 52.4 Å². The van der Waals surface area contributed by atoms with Crippen LogP contribution in [0.25, 0.3) is 0 Å². The van der Waals surface area contributed by atoms with Gasteiger partial charge in [-0.1, -0.05) is 34.8 Å². The zero-order chi connectivity index (χ0) is 20.9. The Morgan fingerprint density at radius 1 is 1.04 bits per heavy atom. The highest BCUT2D eigenvalue weighted by Crippen LogP contribution is 2.34. The number of esters is 2. The molecule has 1 amide bonds. The second-order valence-corrected chi connectivity index (χ2v) is 7.78. The number of alkyl carbamates (subject to hydrolysis) is 1. The predicted molar refractivity (Wildman–Crippen MR) is 101 cm³/mol. The first-order valence-electron chi connectivity index (χ1n) is 7.83. The van der Waals surface area contributed by atoms with Crippen molar-refractivity contribution in [1.82, 2.24) is 5.32 Å². The summed E-state index contributed by atoms with van der Waals surface area (Å²) >= 11 is 17.7. The third-order valence-corrected chi connectivity index (χ3v) is 3.95. The van der Waals surface area contributed by atoms with E-state index in [1.165, 1.54) is 26.0 Å². The van der Waals surface area contributed by atoms with Gasteiger partial charge >= 0.3 is 18.0 Å². The minimum absolute atomic E-state index is 0.0360. The summed E-state index contributed by atoms with van der Waals surface area (Å²) in [6, 6.07) is 1.21. The molecule has 1 aromatic rings. The van der Waals surface area contributed by atoms with E-state index < -0.39 is 35.8 Å². The van der Waals surface area contributed by atoms with Gasteiger partial charge in [0.25, 0.3) is 0 Å². The molecule has 7 nitrogen and oxygen atoms in total. The van der Waals surface area contributed by atoms with Gasteiger partial charge in [-0.2, -0.15) is 0 Å². The van der Waals surface area contributed by atoms with Crippen molar-refractivity contribution < 1.29 is 28.6 Å². The van der Waals surface area contributed by atoms with Crippen LogP contribution in [0.4, 0.5) is 4.79 Å². The molecular formula is C17H20Cl3NO6. The lowest BCUT2D eigenvalue weighted by atomic mass is 10.2. The van der Waals surface area contributed by atoms with Gasteiger partial charge < -0.3 is 19.5 Å². The highest BCUT2D eigenvalue weighted by atomic mass is 35.5. The van der Waals surface area contributed by atoms with E-state index >= 15 is 0 Å². The molecule has 0 aliphatic rings. The lowest BCUT2D eigenvalue weighted by Gasteiger charge is -2.26. The van der Waals surface area contributed by atoms with Crippen LogP contribution >= 0.6 is 34.8 Å². The Balaban J connectivity index is 3.03. The largest absolute Gasteiger partial charge is 0.460 e. The summed E-state index contributed by atoms with van der Waals surface area (Å²) in [6.45, 7) is 7.56. The number of carbonyl (C=O) groups is 3. The topological polar surface area (TPSA) is 90.9 Å². The third kappa shape index (κ3) is 7.82. The Morgan fingerprint density at radius 2 is 1.59 bits per heavy atom. The van der Waals surface area contributed by atoms with Gasteiger partial charge in [0.2, 0.25) is 0 Å². The number of rotatable bonds is 5. The number of nitrogens with one attached hydrogen (secondary N) is 1. The Bertz CT molecular complexity index is 732. The van der Waals surface area contributed by atoms with Crippen LogP contribution in [0.3, 0.4) is 0 Å². The number of hydrogen-bond acceptors (Lipinski definition) is 6. The van der Waals surface area contributed by atoms with Crippen molar-refractivity contribution in [1.29, 1.82) is 0 Å². The monoisotopic (exact) mass is 439 g/mol. The fourth-order valence-electron chi connectivity index (χ4n) is 1.89. The van der Waals surface area contributed by atoms with Crippen molar-refractivity contribution in [3.8, 4) is 5.75 Å². The van der Waals surface area contributed by atoms with Gasteiger partial charge in [-0.15, -0.1) is 0 Å². The molecule has 0 fully saturated rings. The standard InChI is InChI=1S/C17H20Cl3NO6/c1-8(25-9(2)22)14(21-16(24)27-17(3,4)5)15(23)26-13-7-11(19)10(18)6-12(13)20/h6-8,14H,1-5H3,(H,21,24)/t8-,14+/m1/s1. The lowest BCUT2D eigenvalue weighted by Crippen LogP contribution is -2.52. The lowest BCUT2D eigenvalue weighted by molar-refractivity contribution is -0.151. The van der Waals surface area contributed by atoms with Crippen LogP contribution in [-0.2, 0) is 19.1 Å². The molecule has 0 saturated carbocycles. The highest BCUT2D eigenvalue weighted by Gasteiger charge is 2.33. The van der Waals surface area contributed by atoms with Gasteiger partial charge in [0.05, 0.1) is 15.1 Å². The van der Waals surface area contributed by atoms with Crippen LogP contribution < -0.4 is 10.1 Å². The van der Waals surface area contributed by atoms with Crippen molar-refractivity contribution in [2.75, 3.05) is 0 Å². The first kappa shape index (κ1) is 23.3. The Hall–Kier alpha value is -1.70. The van der Waals surface area contributed by atoms with Crippen molar-refractivity contribution in [2.24, 2.45) is 0 Å². The van der Waals surface area contributed by atoms with Crippen LogP contribution in [0.15, 0.2) is 12.1 Å². The summed E-state index contributed by atoms with van der Waals surface area (Å²) in [6.07, 6.45) is -1.92. The molecule has 0 aliphatic carbocycles. The molecule has 1 rings (SSSR count). The molecule has 27 heavy (non-hydrogen) atoms. The van der Waals surface area contributed by atoms with E-state index in [0.717, 1.165) is 0 Å². The van der Waals surface area contributed by atoms with Gasteiger partial charge in [-0.3, -0.25) is 4.79 Å². The van der Waals surface area contributed by atoms with Crippen LogP contribution in [0, 0.1) is 0 Å². The van der Waals surface area contributed by atoms with E-state index in [9.17, 15) is 14.4 Å². The minimum Gasteiger partial charge on any atom is -0.460 e. The van der Waals surface area contributed by atoms with Gasteiger partial charge in [-0.25, -0.2) is 9.59 Å². The molecule has 0 saturated heterocycles. The smallest absolute Gasteiger partial charge is 0.408 e. The number of benzene rings is 1. The van der Waals surface area contributed by atoms with Crippen molar-refractivity contribution >= 4 is 52.8 Å². The molecule has 0 aliphatic heterocycles. The van der Waals surface area contributed by atoms with Gasteiger partial charge in [0, 0.05) is 13.0 Å². The Kier molecular flexibility index (Phi) is 8.20. The molecule has 2 atom stereocenters. The van der Waals surface area contributed by atoms with Gasteiger partial charge in [-0.05, 0) is 33.8 Å². The molecule has 0 heterocycles. The first-order valence-corrected chi connectivity index (χ1v) is 8.96. The summed E-state index contributed by atoms with van der Waals surface area (Å²) in [7, 11) is 0. The zero-order valence-corrected chi connectivity index (χ0v) is 17.7. The van der Waals surface area contributed by atoms with E-state index in [0.29, 0.717) is 0 Å². The average molecular weight is 441 g/mol. The number of amides is 1. The fraction of sp³-hybridized carbons (Fsp3) is 0.471. The van der Waals surface area contributed by atoms with Crippen molar-refractivity contribution in [3.63, 3.8) is 0 Å². The summed E-state index contributed by atoms with van der Waals surface area (Å²) in [4.78, 5) is 35.8. The molecule has 150 valence electrons. The third-order valence-electron chi connectivity index (χ3n) is 2.93. The summed E-state index contributed by atoms with van der Waals surface area (Å²) in [5.74, 6) is -1.64. The van der Waals surface area contributed by atoms with Crippen LogP contribution in [0.2, 0.25) is 15.1 Å². The van der Waals surface area contributed by atoms with E-state index in [1.807, 2.05) is 0 Å². The second kappa shape index (κ2) is 9.48.